The maximum absolute atomic E-state index is 13.1. The van der Waals surface area contributed by atoms with Crippen molar-refractivity contribution < 1.29 is 13.5 Å². The van der Waals surface area contributed by atoms with E-state index >= 15 is 0 Å². The van der Waals surface area contributed by atoms with Gasteiger partial charge in [-0.15, -0.1) is 3.97 Å². The lowest BCUT2D eigenvalue weighted by Crippen LogP contribution is -2.28. The van der Waals surface area contributed by atoms with Crippen LogP contribution in [0.15, 0.2) is 76.4 Å². The zero-order valence-corrected chi connectivity index (χ0v) is 14.8. The van der Waals surface area contributed by atoms with Gasteiger partial charge in [0.15, 0.2) is 0 Å². The second kappa shape index (κ2) is 5.34. The Kier molecular flexibility index (Phi) is 3.14. The molecule has 4 aromatic rings. The van der Waals surface area contributed by atoms with Gasteiger partial charge < -0.3 is 5.11 Å². The van der Waals surface area contributed by atoms with Gasteiger partial charge in [-0.05, 0) is 34.5 Å². The molecule has 0 saturated heterocycles. The molecule has 1 aromatic heterocycles. The maximum Gasteiger partial charge on any atom is 0.350 e. The number of benzene rings is 3. The second-order valence-electron chi connectivity index (χ2n) is 6.47. The van der Waals surface area contributed by atoms with Gasteiger partial charge in [0.1, 0.15) is 0 Å². The van der Waals surface area contributed by atoms with Crippen LogP contribution in [0.3, 0.4) is 0 Å². The van der Waals surface area contributed by atoms with Crippen molar-refractivity contribution >= 4 is 20.8 Å². The number of hydrogen-bond acceptors (Lipinski definition) is 4. The molecule has 0 fully saturated rings. The summed E-state index contributed by atoms with van der Waals surface area (Å²) in [5.41, 5.74) is 0.960. The van der Waals surface area contributed by atoms with E-state index in [0.29, 0.717) is 16.1 Å². The molecule has 0 spiro atoms. The molecule has 0 aliphatic carbocycles. The van der Waals surface area contributed by atoms with Gasteiger partial charge in [0.2, 0.25) is 5.88 Å². The van der Waals surface area contributed by atoms with E-state index in [1.807, 2.05) is 30.3 Å². The number of hydrogen-bond donors (Lipinski definition) is 1. The first-order valence-electron chi connectivity index (χ1n) is 8.37. The summed E-state index contributed by atoms with van der Waals surface area (Å²) in [6, 6.07) is 19.2. The first-order valence-corrected chi connectivity index (χ1v) is 9.81. The Morgan fingerprint density at radius 1 is 0.889 bits per heavy atom. The first kappa shape index (κ1) is 15.9. The smallest absolute Gasteiger partial charge is 0.350 e. The van der Waals surface area contributed by atoms with Crippen LogP contribution in [-0.2, 0) is 16.4 Å². The molecule has 0 unspecified atom stereocenters. The number of fused-ring (bicyclic) bond motifs is 4. The van der Waals surface area contributed by atoms with Crippen molar-refractivity contribution in [3.63, 3.8) is 0 Å². The lowest BCUT2D eigenvalue weighted by Gasteiger charge is -2.08. The standard InChI is InChI=1S/C20H14N2O4S/c23-19-18-12-15-7-3-4-8-17(15)21(18)20(24)22(19)27(25,26)16-10-9-13-5-1-2-6-14(13)11-16/h1-11,23H,12H2. The molecule has 5 rings (SSSR count). The number of aromatic hydroxyl groups is 1. The second-order valence-corrected chi connectivity index (χ2v) is 8.26. The van der Waals surface area contributed by atoms with Crippen LogP contribution in [0.5, 0.6) is 5.88 Å². The van der Waals surface area contributed by atoms with Crippen molar-refractivity contribution in [1.82, 2.24) is 8.54 Å². The fraction of sp³-hybridized carbons (Fsp3) is 0.0500. The minimum absolute atomic E-state index is 0.0452. The van der Waals surface area contributed by atoms with Gasteiger partial charge in [-0.3, -0.25) is 4.57 Å². The number of rotatable bonds is 2. The highest BCUT2D eigenvalue weighted by Gasteiger charge is 2.33. The van der Waals surface area contributed by atoms with Crippen molar-refractivity contribution in [1.29, 1.82) is 0 Å². The maximum atomic E-state index is 13.1. The molecule has 1 N–H and O–H groups in total. The quantitative estimate of drug-likeness (QED) is 0.512. The van der Waals surface area contributed by atoms with Crippen LogP contribution in [0.2, 0.25) is 0 Å². The Labute approximate surface area is 154 Å². The summed E-state index contributed by atoms with van der Waals surface area (Å²) in [6.45, 7) is 0. The van der Waals surface area contributed by atoms with Crippen molar-refractivity contribution in [3.05, 3.63) is 88.5 Å². The summed E-state index contributed by atoms with van der Waals surface area (Å²) in [6.07, 6.45) is 0.303. The molecule has 0 bridgehead atoms. The third kappa shape index (κ3) is 2.12. The van der Waals surface area contributed by atoms with E-state index in [1.165, 1.54) is 16.7 Å². The molecule has 27 heavy (non-hydrogen) atoms. The summed E-state index contributed by atoms with van der Waals surface area (Å²) in [5, 5.41) is 12.2. The Hall–Kier alpha value is -3.32. The van der Waals surface area contributed by atoms with Gasteiger partial charge in [0, 0.05) is 6.42 Å². The van der Waals surface area contributed by atoms with Crippen molar-refractivity contribution in [3.8, 4) is 11.6 Å². The van der Waals surface area contributed by atoms with Crippen LogP contribution in [0.4, 0.5) is 0 Å². The summed E-state index contributed by atoms with van der Waals surface area (Å²) in [7, 11) is -4.24. The summed E-state index contributed by atoms with van der Waals surface area (Å²) < 4.78 is 28.0. The van der Waals surface area contributed by atoms with E-state index in [0.717, 1.165) is 16.3 Å². The molecule has 6 nitrogen and oxygen atoms in total. The van der Waals surface area contributed by atoms with Crippen molar-refractivity contribution in [2.45, 2.75) is 11.3 Å². The minimum atomic E-state index is -4.24. The van der Waals surface area contributed by atoms with E-state index in [4.69, 9.17) is 0 Å². The molecular formula is C20H14N2O4S. The molecule has 2 heterocycles. The zero-order valence-electron chi connectivity index (χ0n) is 14.0. The molecule has 0 amide bonds. The van der Waals surface area contributed by atoms with E-state index < -0.39 is 21.6 Å². The minimum Gasteiger partial charge on any atom is -0.492 e. The van der Waals surface area contributed by atoms with Crippen LogP contribution in [-0.4, -0.2) is 22.1 Å². The first-order chi connectivity index (χ1) is 13.0. The lowest BCUT2D eigenvalue weighted by molar-refractivity contribution is 0.438. The molecule has 1 aliphatic rings. The van der Waals surface area contributed by atoms with Crippen LogP contribution >= 0.6 is 0 Å². The highest BCUT2D eigenvalue weighted by Crippen LogP contribution is 2.33. The van der Waals surface area contributed by atoms with Gasteiger partial charge in [-0.1, -0.05) is 48.5 Å². The van der Waals surface area contributed by atoms with Crippen molar-refractivity contribution in [2.75, 3.05) is 0 Å². The fourth-order valence-corrected chi connectivity index (χ4v) is 4.98. The van der Waals surface area contributed by atoms with Gasteiger partial charge in [-0.2, -0.15) is 0 Å². The predicted octanol–water partition coefficient (Wildman–Crippen LogP) is 2.64. The van der Waals surface area contributed by atoms with E-state index in [1.54, 1.807) is 24.3 Å². The average Bonchev–Trinajstić information content (AvgIpc) is 3.17. The molecule has 3 aromatic carbocycles. The number of imidazole rings is 1. The Balaban J connectivity index is 1.75. The molecule has 134 valence electrons. The van der Waals surface area contributed by atoms with Crippen LogP contribution < -0.4 is 5.69 Å². The lowest BCUT2D eigenvalue weighted by atomic mass is 10.1. The summed E-state index contributed by atoms with van der Waals surface area (Å²) in [4.78, 5) is 12.9. The Bertz CT molecular complexity index is 1400. The highest BCUT2D eigenvalue weighted by atomic mass is 32.2. The topological polar surface area (TPSA) is 81.3 Å². The van der Waals surface area contributed by atoms with Gasteiger partial charge >= 0.3 is 5.69 Å². The number of para-hydroxylation sites is 1. The van der Waals surface area contributed by atoms with Crippen LogP contribution in [0.1, 0.15) is 11.3 Å². The molecule has 0 saturated carbocycles. The number of aromatic nitrogens is 2. The molecular weight excluding hydrogens is 364 g/mol. The monoisotopic (exact) mass is 378 g/mol. The molecule has 7 heteroatoms. The normalized spacial score (nSPS) is 12.9. The SMILES string of the molecule is O=c1n2c(c(O)n1S(=O)(=O)c1ccc3ccccc3c1)Cc1ccccc1-2. The van der Waals surface area contributed by atoms with E-state index in [-0.39, 0.29) is 10.6 Å². The third-order valence-corrected chi connectivity index (χ3v) is 6.59. The average molecular weight is 378 g/mol. The fourth-order valence-electron chi connectivity index (χ4n) is 3.63. The van der Waals surface area contributed by atoms with Gasteiger partial charge in [0.25, 0.3) is 10.0 Å². The van der Waals surface area contributed by atoms with Crippen molar-refractivity contribution in [2.24, 2.45) is 0 Å². The highest BCUT2D eigenvalue weighted by molar-refractivity contribution is 7.90. The van der Waals surface area contributed by atoms with E-state index in [2.05, 4.69) is 0 Å². The van der Waals surface area contributed by atoms with E-state index in [9.17, 15) is 18.3 Å². The molecule has 0 radical (unpaired) electrons. The number of nitrogens with zero attached hydrogens (tertiary/aromatic N) is 2. The van der Waals surface area contributed by atoms with Gasteiger partial charge in [0.05, 0.1) is 16.3 Å². The van der Waals surface area contributed by atoms with Crippen LogP contribution in [0.25, 0.3) is 16.5 Å². The Morgan fingerprint density at radius 3 is 2.41 bits per heavy atom. The molecule has 1 aliphatic heterocycles. The zero-order chi connectivity index (χ0) is 18.8. The third-order valence-electron chi connectivity index (χ3n) is 4.93. The van der Waals surface area contributed by atoms with Gasteiger partial charge in [-0.25, -0.2) is 13.2 Å². The predicted molar refractivity (Wildman–Crippen MR) is 101 cm³/mol. The Morgan fingerprint density at radius 2 is 1.59 bits per heavy atom. The molecule has 0 atom stereocenters. The summed E-state index contributed by atoms with van der Waals surface area (Å²) in [5.74, 6) is -0.538. The summed E-state index contributed by atoms with van der Waals surface area (Å²) >= 11 is 0. The van der Waals surface area contributed by atoms with Crippen LogP contribution in [0, 0.1) is 0 Å². The largest absolute Gasteiger partial charge is 0.492 e.